The maximum Gasteiger partial charge on any atom is 0.316 e. The summed E-state index contributed by atoms with van der Waals surface area (Å²) in [5.74, 6) is -3.43. The van der Waals surface area contributed by atoms with E-state index in [1.165, 1.54) is 0 Å². The zero-order valence-corrected chi connectivity index (χ0v) is 10.9. The van der Waals surface area contributed by atoms with Crippen LogP contribution in [0.1, 0.15) is 25.8 Å². The van der Waals surface area contributed by atoms with Gasteiger partial charge in [-0.05, 0) is 31.0 Å². The lowest BCUT2D eigenvalue weighted by molar-refractivity contribution is -0.151. The average molecular weight is 270 g/mol. The fraction of sp³-hybridized carbons (Fsp3) is 0.429. The molecule has 3 nitrogen and oxygen atoms in total. The van der Waals surface area contributed by atoms with Crippen LogP contribution < -0.4 is 0 Å². The first-order chi connectivity index (χ1) is 8.97. The zero-order valence-electron chi connectivity index (χ0n) is 10.9. The Kier molecular flexibility index (Phi) is 5.60. The number of ether oxygens (including phenoxy) is 1. The van der Waals surface area contributed by atoms with Gasteiger partial charge in [-0.25, -0.2) is 8.78 Å². The van der Waals surface area contributed by atoms with Crippen molar-refractivity contribution in [3.8, 4) is 0 Å². The molecule has 19 heavy (non-hydrogen) atoms. The van der Waals surface area contributed by atoms with Gasteiger partial charge in [0, 0.05) is 12.5 Å². The topological polar surface area (TPSA) is 43.4 Å². The van der Waals surface area contributed by atoms with E-state index in [9.17, 15) is 18.4 Å². The first-order valence-electron chi connectivity index (χ1n) is 6.12. The van der Waals surface area contributed by atoms with Crippen LogP contribution in [0.25, 0.3) is 0 Å². The molecule has 1 unspecified atom stereocenters. The van der Waals surface area contributed by atoms with E-state index >= 15 is 0 Å². The highest BCUT2D eigenvalue weighted by Crippen LogP contribution is 2.16. The van der Waals surface area contributed by atoms with E-state index < -0.39 is 23.5 Å². The molecule has 0 fully saturated rings. The molecule has 0 saturated carbocycles. The molecule has 0 heterocycles. The summed E-state index contributed by atoms with van der Waals surface area (Å²) in [6.07, 6.45) is 0.113. The van der Waals surface area contributed by atoms with Crippen LogP contribution in [-0.4, -0.2) is 18.4 Å². The SMILES string of the molecule is CCOC(=O)C(Cc1cc(F)cc(F)c1)C(=O)CC. The Morgan fingerprint density at radius 2 is 1.74 bits per heavy atom. The zero-order chi connectivity index (χ0) is 14.4. The van der Waals surface area contributed by atoms with E-state index in [2.05, 4.69) is 0 Å². The first-order valence-corrected chi connectivity index (χ1v) is 6.12. The largest absolute Gasteiger partial charge is 0.465 e. The van der Waals surface area contributed by atoms with E-state index in [-0.39, 0.29) is 30.8 Å². The Balaban J connectivity index is 2.93. The molecule has 1 aromatic rings. The van der Waals surface area contributed by atoms with Gasteiger partial charge in [-0.3, -0.25) is 9.59 Å². The van der Waals surface area contributed by atoms with Crippen molar-refractivity contribution < 1.29 is 23.1 Å². The molecule has 1 rings (SSSR count). The minimum Gasteiger partial charge on any atom is -0.465 e. The maximum absolute atomic E-state index is 13.1. The second kappa shape index (κ2) is 6.97. The third-order valence-corrected chi connectivity index (χ3v) is 2.67. The van der Waals surface area contributed by atoms with Gasteiger partial charge in [0.2, 0.25) is 0 Å². The van der Waals surface area contributed by atoms with Crippen molar-refractivity contribution in [2.45, 2.75) is 26.7 Å². The number of carbonyl (C=O) groups excluding carboxylic acids is 2. The molecule has 104 valence electrons. The Morgan fingerprint density at radius 1 is 1.16 bits per heavy atom. The van der Waals surface area contributed by atoms with E-state index in [0.29, 0.717) is 0 Å². The van der Waals surface area contributed by atoms with Gasteiger partial charge in [-0.2, -0.15) is 0 Å². The van der Waals surface area contributed by atoms with Gasteiger partial charge in [-0.1, -0.05) is 6.92 Å². The van der Waals surface area contributed by atoms with Crippen molar-refractivity contribution in [2.75, 3.05) is 6.61 Å². The number of rotatable bonds is 6. The van der Waals surface area contributed by atoms with Crippen LogP contribution in [-0.2, 0) is 20.7 Å². The molecule has 0 spiro atoms. The molecular formula is C14H16F2O3. The third-order valence-electron chi connectivity index (χ3n) is 2.67. The second-order valence-electron chi connectivity index (χ2n) is 4.11. The highest BCUT2D eigenvalue weighted by molar-refractivity contribution is 5.99. The van der Waals surface area contributed by atoms with Crippen LogP contribution in [0.5, 0.6) is 0 Å². The summed E-state index contributed by atoms with van der Waals surface area (Å²) < 4.78 is 31.0. The molecule has 5 heteroatoms. The first kappa shape index (κ1) is 15.3. The number of ketones is 1. The van der Waals surface area contributed by atoms with Gasteiger partial charge in [0.15, 0.2) is 0 Å². The molecule has 0 saturated heterocycles. The summed E-state index contributed by atoms with van der Waals surface area (Å²) in [7, 11) is 0. The number of carbonyl (C=O) groups is 2. The van der Waals surface area contributed by atoms with E-state index in [4.69, 9.17) is 4.74 Å². The molecule has 0 N–H and O–H groups in total. The van der Waals surface area contributed by atoms with Crippen LogP contribution in [0.3, 0.4) is 0 Å². The smallest absolute Gasteiger partial charge is 0.316 e. The van der Waals surface area contributed by atoms with Crippen molar-refractivity contribution in [1.82, 2.24) is 0 Å². The number of Topliss-reactive ketones (excluding diaryl/α,β-unsaturated/α-hetero) is 1. The number of hydrogen-bond donors (Lipinski definition) is 0. The highest BCUT2D eigenvalue weighted by atomic mass is 19.1. The minimum atomic E-state index is -1.01. The van der Waals surface area contributed by atoms with Crippen LogP contribution in [0.4, 0.5) is 8.78 Å². The monoisotopic (exact) mass is 270 g/mol. The molecule has 0 aromatic heterocycles. The van der Waals surface area contributed by atoms with Gasteiger partial charge < -0.3 is 4.74 Å². The number of halogens is 2. The predicted octanol–water partition coefficient (Wildman–Crippen LogP) is 2.67. The van der Waals surface area contributed by atoms with Gasteiger partial charge in [0.1, 0.15) is 23.3 Å². The van der Waals surface area contributed by atoms with Gasteiger partial charge in [-0.15, -0.1) is 0 Å². The number of hydrogen-bond acceptors (Lipinski definition) is 3. The quantitative estimate of drug-likeness (QED) is 0.589. The van der Waals surface area contributed by atoms with Crippen molar-refractivity contribution in [2.24, 2.45) is 5.92 Å². The molecule has 0 amide bonds. The molecule has 0 radical (unpaired) electrons. The van der Waals surface area contributed by atoms with E-state index in [1.807, 2.05) is 0 Å². The third kappa shape index (κ3) is 4.43. The predicted molar refractivity (Wildman–Crippen MR) is 65.5 cm³/mol. The van der Waals surface area contributed by atoms with Gasteiger partial charge in [0.05, 0.1) is 6.61 Å². The standard InChI is InChI=1S/C14H16F2O3/c1-3-13(17)12(14(18)19-4-2)7-9-5-10(15)8-11(16)6-9/h5-6,8,12H,3-4,7H2,1-2H3. The van der Waals surface area contributed by atoms with Crippen LogP contribution in [0, 0.1) is 17.6 Å². The highest BCUT2D eigenvalue weighted by Gasteiger charge is 2.27. The number of esters is 1. The van der Waals surface area contributed by atoms with E-state index in [0.717, 1.165) is 18.2 Å². The molecule has 1 aromatic carbocycles. The fourth-order valence-corrected chi connectivity index (χ4v) is 1.78. The Hall–Kier alpha value is -1.78. The molecule has 1 atom stereocenters. The lowest BCUT2D eigenvalue weighted by Crippen LogP contribution is -2.28. The Morgan fingerprint density at radius 3 is 2.21 bits per heavy atom. The van der Waals surface area contributed by atoms with Crippen LogP contribution in [0.15, 0.2) is 18.2 Å². The summed E-state index contributed by atoms with van der Waals surface area (Å²) in [5, 5.41) is 0. The lowest BCUT2D eigenvalue weighted by atomic mass is 9.94. The normalized spacial score (nSPS) is 12.0. The molecule has 0 aliphatic carbocycles. The van der Waals surface area contributed by atoms with Crippen LogP contribution >= 0.6 is 0 Å². The van der Waals surface area contributed by atoms with Gasteiger partial charge >= 0.3 is 5.97 Å². The second-order valence-corrected chi connectivity index (χ2v) is 4.11. The maximum atomic E-state index is 13.1. The summed E-state index contributed by atoms with van der Waals surface area (Å²) in [4.78, 5) is 23.4. The van der Waals surface area contributed by atoms with Gasteiger partial charge in [0.25, 0.3) is 0 Å². The molecule has 0 aliphatic rings. The summed E-state index contributed by atoms with van der Waals surface area (Å²) in [5.41, 5.74) is 0.261. The van der Waals surface area contributed by atoms with E-state index in [1.54, 1.807) is 13.8 Å². The fourth-order valence-electron chi connectivity index (χ4n) is 1.78. The molecule has 0 bridgehead atoms. The van der Waals surface area contributed by atoms with Crippen molar-refractivity contribution in [1.29, 1.82) is 0 Å². The van der Waals surface area contributed by atoms with Crippen LogP contribution in [0.2, 0.25) is 0 Å². The molecular weight excluding hydrogens is 254 g/mol. The van der Waals surface area contributed by atoms with Crippen molar-refractivity contribution >= 4 is 11.8 Å². The lowest BCUT2D eigenvalue weighted by Gasteiger charge is -2.14. The minimum absolute atomic E-state index is 0.0554. The number of benzene rings is 1. The Bertz CT molecular complexity index is 452. The summed E-state index contributed by atoms with van der Waals surface area (Å²) in [6.45, 7) is 3.41. The summed E-state index contributed by atoms with van der Waals surface area (Å²) in [6, 6.07) is 2.96. The van der Waals surface area contributed by atoms with Crippen molar-refractivity contribution in [3.63, 3.8) is 0 Å². The molecule has 0 aliphatic heterocycles. The summed E-state index contributed by atoms with van der Waals surface area (Å²) >= 11 is 0. The Labute approximate surface area is 110 Å². The average Bonchev–Trinajstić information content (AvgIpc) is 2.34. The van der Waals surface area contributed by atoms with Crippen molar-refractivity contribution in [3.05, 3.63) is 35.4 Å².